The zero-order chi connectivity index (χ0) is 7.28. The van der Waals surface area contributed by atoms with Gasteiger partial charge in [-0.25, -0.2) is 0 Å². The van der Waals surface area contributed by atoms with E-state index in [4.69, 9.17) is 0 Å². The summed E-state index contributed by atoms with van der Waals surface area (Å²) in [6.07, 6.45) is 3.74. The van der Waals surface area contributed by atoms with E-state index in [-0.39, 0.29) is 0 Å². The van der Waals surface area contributed by atoms with Gasteiger partial charge in [-0.1, -0.05) is 19.2 Å². The zero-order valence-electron chi connectivity index (χ0n) is 6.07. The van der Waals surface area contributed by atoms with Crippen LogP contribution in [-0.4, -0.2) is 0 Å². The number of nitrogens with one attached hydrogen (secondary N) is 1. The molecule has 9 heavy (non-hydrogen) atoms. The molecule has 0 heterocycles. The largest absolute Gasteiger partial charge is 0.362 e. The van der Waals surface area contributed by atoms with Crippen molar-refractivity contribution >= 4 is 0 Å². The summed E-state index contributed by atoms with van der Waals surface area (Å²) in [4.78, 5) is 0. The van der Waals surface area contributed by atoms with E-state index in [2.05, 4.69) is 18.5 Å². The fourth-order valence-corrected chi connectivity index (χ4v) is 0.307. The lowest BCUT2D eigenvalue weighted by atomic mass is 10.3. The van der Waals surface area contributed by atoms with Crippen LogP contribution in [0.5, 0.6) is 0 Å². The summed E-state index contributed by atoms with van der Waals surface area (Å²) < 4.78 is 0. The number of allylic oxidation sites excluding steroid dienone is 2. The SMILES string of the molecule is C=C(C)C(=C)N/C=C\C. The first-order valence-corrected chi connectivity index (χ1v) is 2.91. The van der Waals surface area contributed by atoms with Gasteiger partial charge in [0, 0.05) is 5.70 Å². The molecule has 0 radical (unpaired) electrons. The van der Waals surface area contributed by atoms with Crippen LogP contribution in [0.4, 0.5) is 0 Å². The van der Waals surface area contributed by atoms with Crippen LogP contribution in [0.2, 0.25) is 0 Å². The Morgan fingerprint density at radius 2 is 2.00 bits per heavy atom. The van der Waals surface area contributed by atoms with E-state index in [1.54, 1.807) is 0 Å². The van der Waals surface area contributed by atoms with Gasteiger partial charge in [-0.15, -0.1) is 0 Å². The molecule has 0 spiro atoms. The highest BCUT2D eigenvalue weighted by atomic mass is 14.8. The average molecular weight is 123 g/mol. The van der Waals surface area contributed by atoms with Gasteiger partial charge in [0.25, 0.3) is 0 Å². The van der Waals surface area contributed by atoms with Gasteiger partial charge in [-0.2, -0.15) is 0 Å². The quantitative estimate of drug-likeness (QED) is 0.567. The van der Waals surface area contributed by atoms with Gasteiger partial charge in [-0.05, 0) is 25.6 Å². The standard InChI is InChI=1S/C8H13N/c1-5-6-9-8(4)7(2)3/h5-6,9H,2,4H2,1,3H3/b6-5-. The lowest BCUT2D eigenvalue weighted by molar-refractivity contribution is 1.08. The highest BCUT2D eigenvalue weighted by molar-refractivity contribution is 5.21. The first-order chi connectivity index (χ1) is 4.18. The van der Waals surface area contributed by atoms with Crippen LogP contribution in [-0.2, 0) is 0 Å². The smallest absolute Gasteiger partial charge is 0.0330 e. The third kappa shape index (κ3) is 3.59. The highest BCUT2D eigenvalue weighted by Gasteiger charge is 1.85. The number of hydrogen-bond donors (Lipinski definition) is 1. The Kier molecular flexibility index (Phi) is 3.52. The summed E-state index contributed by atoms with van der Waals surface area (Å²) in [6, 6.07) is 0. The Morgan fingerprint density at radius 1 is 1.44 bits per heavy atom. The minimum atomic E-state index is 0.869. The van der Waals surface area contributed by atoms with E-state index in [0.29, 0.717) is 0 Å². The van der Waals surface area contributed by atoms with Crippen molar-refractivity contribution in [3.8, 4) is 0 Å². The predicted molar refractivity (Wildman–Crippen MR) is 41.9 cm³/mol. The topological polar surface area (TPSA) is 12.0 Å². The van der Waals surface area contributed by atoms with Gasteiger partial charge >= 0.3 is 0 Å². The highest BCUT2D eigenvalue weighted by Crippen LogP contribution is 1.97. The van der Waals surface area contributed by atoms with Gasteiger partial charge in [0.05, 0.1) is 0 Å². The summed E-state index contributed by atoms with van der Waals surface area (Å²) in [5.74, 6) is 0. The van der Waals surface area contributed by atoms with Crippen molar-refractivity contribution in [3.63, 3.8) is 0 Å². The van der Waals surface area contributed by atoms with Crippen LogP contribution in [0.1, 0.15) is 13.8 Å². The molecule has 1 N–H and O–H groups in total. The first-order valence-electron chi connectivity index (χ1n) is 2.91. The number of rotatable bonds is 3. The van der Waals surface area contributed by atoms with Crippen LogP contribution < -0.4 is 5.32 Å². The summed E-state index contributed by atoms with van der Waals surface area (Å²) in [7, 11) is 0. The molecule has 0 rings (SSSR count). The van der Waals surface area contributed by atoms with Crippen molar-refractivity contribution in [1.82, 2.24) is 5.32 Å². The van der Waals surface area contributed by atoms with Crippen molar-refractivity contribution in [2.75, 3.05) is 0 Å². The van der Waals surface area contributed by atoms with Gasteiger partial charge in [0.2, 0.25) is 0 Å². The molecule has 0 aromatic heterocycles. The first kappa shape index (κ1) is 8.02. The Bertz CT molecular complexity index is 143. The van der Waals surface area contributed by atoms with Gasteiger partial charge < -0.3 is 5.32 Å². The second-order valence-electron chi connectivity index (χ2n) is 1.90. The van der Waals surface area contributed by atoms with Gasteiger partial charge in [0.1, 0.15) is 0 Å². The van der Waals surface area contributed by atoms with E-state index in [0.717, 1.165) is 11.3 Å². The minimum Gasteiger partial charge on any atom is -0.362 e. The van der Waals surface area contributed by atoms with E-state index >= 15 is 0 Å². The third-order valence-corrected chi connectivity index (χ3v) is 0.939. The van der Waals surface area contributed by atoms with Gasteiger partial charge in [-0.3, -0.25) is 0 Å². The molecule has 1 heteroatoms. The maximum absolute atomic E-state index is 3.73. The van der Waals surface area contributed by atoms with Crippen molar-refractivity contribution in [2.24, 2.45) is 0 Å². The maximum Gasteiger partial charge on any atom is 0.0330 e. The molecule has 0 amide bonds. The molecule has 0 fully saturated rings. The fourth-order valence-electron chi connectivity index (χ4n) is 0.307. The summed E-state index contributed by atoms with van der Waals surface area (Å²) >= 11 is 0. The molecule has 0 bridgehead atoms. The van der Waals surface area contributed by atoms with Crippen LogP contribution in [0.25, 0.3) is 0 Å². The molecule has 1 nitrogen and oxygen atoms in total. The van der Waals surface area contributed by atoms with Crippen molar-refractivity contribution in [3.05, 3.63) is 36.7 Å². The van der Waals surface area contributed by atoms with E-state index in [9.17, 15) is 0 Å². The van der Waals surface area contributed by atoms with E-state index in [1.165, 1.54) is 0 Å². The van der Waals surface area contributed by atoms with Crippen LogP contribution in [0.3, 0.4) is 0 Å². The maximum atomic E-state index is 3.73. The predicted octanol–water partition coefficient (Wildman–Crippen LogP) is 2.20. The second kappa shape index (κ2) is 3.96. The lowest BCUT2D eigenvalue weighted by Gasteiger charge is -2.01. The summed E-state index contributed by atoms with van der Waals surface area (Å²) in [5.41, 5.74) is 1.83. The second-order valence-corrected chi connectivity index (χ2v) is 1.90. The summed E-state index contributed by atoms with van der Waals surface area (Å²) in [5, 5.41) is 2.96. The normalized spacial score (nSPS) is 9.56. The monoisotopic (exact) mass is 123 g/mol. The fraction of sp³-hybridized carbons (Fsp3) is 0.250. The molecule has 0 aromatic carbocycles. The lowest BCUT2D eigenvalue weighted by Crippen LogP contribution is -2.02. The van der Waals surface area contributed by atoms with Crippen molar-refractivity contribution in [2.45, 2.75) is 13.8 Å². The third-order valence-electron chi connectivity index (χ3n) is 0.939. The molecule has 0 aliphatic carbocycles. The molecule has 0 saturated heterocycles. The average Bonchev–Trinajstić information content (AvgIpc) is 1.82. The zero-order valence-corrected chi connectivity index (χ0v) is 6.07. The molecular weight excluding hydrogens is 110 g/mol. The minimum absolute atomic E-state index is 0.869. The van der Waals surface area contributed by atoms with Crippen LogP contribution in [0.15, 0.2) is 36.7 Å². The molecule has 0 saturated carbocycles. The van der Waals surface area contributed by atoms with Crippen LogP contribution >= 0.6 is 0 Å². The molecule has 0 aliphatic rings. The van der Waals surface area contributed by atoms with Crippen molar-refractivity contribution in [1.29, 1.82) is 0 Å². The Balaban J connectivity index is 3.65. The molecule has 50 valence electrons. The van der Waals surface area contributed by atoms with E-state index < -0.39 is 0 Å². The molecule has 0 aromatic rings. The van der Waals surface area contributed by atoms with Crippen LogP contribution in [0, 0.1) is 0 Å². The molecule has 0 atom stereocenters. The Hall–Kier alpha value is -0.980. The molecule has 0 unspecified atom stereocenters. The Labute approximate surface area is 56.8 Å². The molecular formula is C8H13N. The van der Waals surface area contributed by atoms with Crippen molar-refractivity contribution < 1.29 is 0 Å². The van der Waals surface area contributed by atoms with E-state index in [1.807, 2.05) is 26.1 Å². The van der Waals surface area contributed by atoms with Gasteiger partial charge in [0.15, 0.2) is 0 Å². The molecule has 0 aliphatic heterocycles. The summed E-state index contributed by atoms with van der Waals surface area (Å²) in [6.45, 7) is 11.3. The Morgan fingerprint density at radius 3 is 2.33 bits per heavy atom. The number of hydrogen-bond acceptors (Lipinski definition) is 1.